The third kappa shape index (κ3) is 3.86. The highest BCUT2D eigenvalue weighted by Crippen LogP contribution is 2.36. The molecule has 7 heteroatoms. The smallest absolute Gasteiger partial charge is 0.175 e. The van der Waals surface area contributed by atoms with Crippen LogP contribution >= 0.6 is 11.6 Å². The van der Waals surface area contributed by atoms with Crippen molar-refractivity contribution >= 4 is 32.3 Å². The van der Waals surface area contributed by atoms with E-state index in [1.54, 1.807) is 30.3 Å². The molecule has 0 unspecified atom stereocenters. The van der Waals surface area contributed by atoms with Gasteiger partial charge in [0.15, 0.2) is 9.84 Å². The number of ether oxygens (including phenoxy) is 1. The number of nitriles is 1. The average molecular weight is 435 g/mol. The van der Waals surface area contributed by atoms with Crippen LogP contribution in [-0.4, -0.2) is 19.7 Å². The number of pyridine rings is 1. The number of rotatable bonds is 4. The zero-order valence-corrected chi connectivity index (χ0v) is 17.4. The number of sulfone groups is 1. The Hall–Kier alpha value is -3.40. The Kier molecular flexibility index (Phi) is 5.17. The highest BCUT2D eigenvalue weighted by atomic mass is 35.5. The lowest BCUT2D eigenvalue weighted by molar-refractivity contribution is 0.481. The molecule has 0 spiro atoms. The van der Waals surface area contributed by atoms with Crippen molar-refractivity contribution in [1.82, 2.24) is 4.98 Å². The zero-order chi connectivity index (χ0) is 21.3. The van der Waals surface area contributed by atoms with Crippen molar-refractivity contribution in [2.24, 2.45) is 0 Å². The first-order valence-electron chi connectivity index (χ1n) is 8.92. The maximum atomic E-state index is 11.8. The number of para-hydroxylation sites is 1. The number of nitrogens with zero attached hydrogens (tertiary/aromatic N) is 2. The minimum absolute atomic E-state index is 0.178. The van der Waals surface area contributed by atoms with E-state index >= 15 is 0 Å². The van der Waals surface area contributed by atoms with Crippen LogP contribution in [0.15, 0.2) is 77.8 Å². The summed E-state index contributed by atoms with van der Waals surface area (Å²) in [7, 11) is -3.34. The molecule has 1 aromatic heterocycles. The lowest BCUT2D eigenvalue weighted by Gasteiger charge is -2.12. The summed E-state index contributed by atoms with van der Waals surface area (Å²) >= 11 is 6.28. The van der Waals surface area contributed by atoms with E-state index in [0.29, 0.717) is 33.2 Å². The van der Waals surface area contributed by atoms with Gasteiger partial charge >= 0.3 is 0 Å². The summed E-state index contributed by atoms with van der Waals surface area (Å²) in [6, 6.07) is 21.2. The highest BCUT2D eigenvalue weighted by Gasteiger charge is 2.14. The monoisotopic (exact) mass is 434 g/mol. The standard InChI is InChI=1S/C23H15ClN2O3S/c1-30(27,28)19-8-3-7-18(12-19)29-17-6-2-5-15(11-17)22-16(13-25)14-26-23-20(22)9-4-10-21(23)24/h2-12,14H,1H3. The van der Waals surface area contributed by atoms with Crippen molar-refractivity contribution < 1.29 is 13.2 Å². The van der Waals surface area contributed by atoms with Crippen LogP contribution in [-0.2, 0) is 9.84 Å². The second kappa shape index (κ2) is 7.79. The molecule has 0 radical (unpaired) electrons. The second-order valence-electron chi connectivity index (χ2n) is 6.67. The van der Waals surface area contributed by atoms with Gasteiger partial charge in [-0.2, -0.15) is 5.26 Å². The molecule has 0 fully saturated rings. The molecule has 0 aliphatic heterocycles. The highest BCUT2D eigenvalue weighted by molar-refractivity contribution is 7.90. The summed E-state index contributed by atoms with van der Waals surface area (Å²) in [5.41, 5.74) is 2.50. The van der Waals surface area contributed by atoms with Crippen molar-refractivity contribution in [3.8, 4) is 28.7 Å². The van der Waals surface area contributed by atoms with Gasteiger partial charge in [-0.15, -0.1) is 0 Å². The Morgan fingerprint density at radius 1 is 1.00 bits per heavy atom. The van der Waals surface area contributed by atoms with Gasteiger partial charge in [-0.25, -0.2) is 8.42 Å². The molecule has 0 aliphatic carbocycles. The van der Waals surface area contributed by atoms with Crippen LogP contribution in [0.2, 0.25) is 5.02 Å². The van der Waals surface area contributed by atoms with E-state index in [0.717, 1.165) is 17.2 Å². The molecule has 0 atom stereocenters. The Bertz CT molecular complexity index is 1430. The van der Waals surface area contributed by atoms with Gasteiger partial charge in [-0.1, -0.05) is 41.9 Å². The molecule has 5 nitrogen and oxygen atoms in total. The van der Waals surface area contributed by atoms with E-state index in [9.17, 15) is 13.7 Å². The van der Waals surface area contributed by atoms with Gasteiger partial charge in [0.1, 0.15) is 17.6 Å². The minimum Gasteiger partial charge on any atom is -0.457 e. The fourth-order valence-corrected chi connectivity index (χ4v) is 4.08. The molecular formula is C23H15ClN2O3S. The summed E-state index contributed by atoms with van der Waals surface area (Å²) in [5.74, 6) is 0.909. The molecule has 0 aliphatic rings. The predicted molar refractivity (Wildman–Crippen MR) is 117 cm³/mol. The normalized spacial score (nSPS) is 11.2. The Morgan fingerprint density at radius 3 is 2.43 bits per heavy atom. The van der Waals surface area contributed by atoms with Crippen LogP contribution in [0.4, 0.5) is 0 Å². The first-order valence-corrected chi connectivity index (χ1v) is 11.2. The van der Waals surface area contributed by atoms with Gasteiger partial charge in [0.25, 0.3) is 0 Å². The molecule has 0 saturated heterocycles. The summed E-state index contributed by atoms with van der Waals surface area (Å²) in [5, 5.41) is 10.9. The van der Waals surface area contributed by atoms with E-state index in [1.807, 2.05) is 24.3 Å². The number of aromatic nitrogens is 1. The summed E-state index contributed by atoms with van der Waals surface area (Å²) < 4.78 is 29.5. The molecular weight excluding hydrogens is 420 g/mol. The van der Waals surface area contributed by atoms with E-state index in [4.69, 9.17) is 16.3 Å². The molecule has 30 heavy (non-hydrogen) atoms. The summed E-state index contributed by atoms with van der Waals surface area (Å²) in [6.45, 7) is 0. The van der Waals surface area contributed by atoms with Gasteiger partial charge in [0.2, 0.25) is 0 Å². The van der Waals surface area contributed by atoms with Crippen LogP contribution in [0.3, 0.4) is 0 Å². The van der Waals surface area contributed by atoms with Crippen LogP contribution in [0.5, 0.6) is 11.5 Å². The van der Waals surface area contributed by atoms with Gasteiger partial charge in [-0.3, -0.25) is 4.98 Å². The molecule has 4 aromatic rings. The predicted octanol–water partition coefficient (Wildman–Crippen LogP) is 5.62. The van der Waals surface area contributed by atoms with Gasteiger partial charge < -0.3 is 4.74 Å². The Balaban J connectivity index is 1.81. The molecule has 0 amide bonds. The van der Waals surface area contributed by atoms with Crippen molar-refractivity contribution in [2.75, 3.05) is 6.26 Å². The van der Waals surface area contributed by atoms with Crippen LogP contribution in [0.25, 0.3) is 22.0 Å². The fraction of sp³-hybridized carbons (Fsp3) is 0.0435. The largest absolute Gasteiger partial charge is 0.457 e. The van der Waals surface area contributed by atoms with Gasteiger partial charge in [0, 0.05) is 23.4 Å². The van der Waals surface area contributed by atoms with E-state index in [1.165, 1.54) is 18.3 Å². The van der Waals surface area contributed by atoms with E-state index in [-0.39, 0.29) is 4.90 Å². The van der Waals surface area contributed by atoms with Crippen molar-refractivity contribution in [2.45, 2.75) is 4.90 Å². The molecule has 3 aromatic carbocycles. The second-order valence-corrected chi connectivity index (χ2v) is 9.09. The molecule has 4 rings (SSSR count). The zero-order valence-electron chi connectivity index (χ0n) is 15.8. The minimum atomic E-state index is -3.34. The van der Waals surface area contributed by atoms with Crippen molar-refractivity contribution in [3.63, 3.8) is 0 Å². The maximum Gasteiger partial charge on any atom is 0.175 e. The third-order valence-corrected chi connectivity index (χ3v) is 5.98. The molecule has 1 heterocycles. The Morgan fingerprint density at radius 2 is 1.70 bits per heavy atom. The van der Waals surface area contributed by atoms with Crippen molar-refractivity contribution in [1.29, 1.82) is 5.26 Å². The van der Waals surface area contributed by atoms with Crippen LogP contribution < -0.4 is 4.74 Å². The average Bonchev–Trinajstić information content (AvgIpc) is 2.73. The third-order valence-electron chi connectivity index (χ3n) is 4.56. The number of benzene rings is 3. The number of fused-ring (bicyclic) bond motifs is 1. The number of halogens is 1. The first-order chi connectivity index (χ1) is 14.4. The first kappa shape index (κ1) is 19.9. The molecule has 0 N–H and O–H groups in total. The van der Waals surface area contributed by atoms with Gasteiger partial charge in [-0.05, 0) is 42.0 Å². The fourth-order valence-electron chi connectivity index (χ4n) is 3.20. The molecule has 0 saturated carbocycles. The van der Waals surface area contributed by atoms with E-state index in [2.05, 4.69) is 11.1 Å². The van der Waals surface area contributed by atoms with E-state index < -0.39 is 9.84 Å². The molecule has 0 bridgehead atoms. The lowest BCUT2D eigenvalue weighted by Crippen LogP contribution is -1.97. The maximum absolute atomic E-state index is 11.8. The molecule has 148 valence electrons. The summed E-state index contributed by atoms with van der Waals surface area (Å²) in [6.07, 6.45) is 2.66. The van der Waals surface area contributed by atoms with Gasteiger partial charge in [0.05, 0.1) is 21.0 Å². The Labute approximate surface area is 179 Å². The quantitative estimate of drug-likeness (QED) is 0.416. The van der Waals surface area contributed by atoms with Crippen LogP contribution in [0, 0.1) is 11.3 Å². The number of hydrogen-bond donors (Lipinski definition) is 0. The topological polar surface area (TPSA) is 80.0 Å². The number of hydrogen-bond acceptors (Lipinski definition) is 5. The summed E-state index contributed by atoms with van der Waals surface area (Å²) in [4.78, 5) is 4.50. The lowest BCUT2D eigenvalue weighted by atomic mass is 9.97. The van der Waals surface area contributed by atoms with Crippen LogP contribution in [0.1, 0.15) is 5.56 Å². The SMILES string of the molecule is CS(=O)(=O)c1cccc(Oc2cccc(-c3c(C#N)cnc4c(Cl)cccc34)c2)c1. The van der Waals surface area contributed by atoms with Crippen molar-refractivity contribution in [3.05, 3.63) is 83.5 Å².